The first-order valence-corrected chi connectivity index (χ1v) is 8.05. The van der Waals surface area contributed by atoms with E-state index < -0.39 is 0 Å². The van der Waals surface area contributed by atoms with Crippen LogP contribution < -0.4 is 11.3 Å². The van der Waals surface area contributed by atoms with Crippen LogP contribution in [0, 0.1) is 13.8 Å². The Balaban J connectivity index is 1.97. The van der Waals surface area contributed by atoms with Crippen LogP contribution in [0.15, 0.2) is 47.8 Å². The quantitative estimate of drug-likeness (QED) is 0.557. The van der Waals surface area contributed by atoms with Gasteiger partial charge in [-0.2, -0.15) is 0 Å². The summed E-state index contributed by atoms with van der Waals surface area (Å²) in [5, 5.41) is 3.52. The van der Waals surface area contributed by atoms with E-state index in [0.29, 0.717) is 0 Å². The Morgan fingerprint density at radius 2 is 1.95 bits per heavy atom. The Morgan fingerprint density at radius 1 is 1.14 bits per heavy atom. The Morgan fingerprint density at radius 3 is 2.76 bits per heavy atom. The molecule has 0 amide bonds. The summed E-state index contributed by atoms with van der Waals surface area (Å²) in [6, 6.07) is 15.2. The first-order valence-electron chi connectivity index (χ1n) is 7.17. The zero-order valence-electron chi connectivity index (χ0n) is 12.4. The van der Waals surface area contributed by atoms with Crippen molar-refractivity contribution in [2.75, 3.05) is 0 Å². The van der Waals surface area contributed by atoms with E-state index in [4.69, 9.17) is 5.84 Å². The van der Waals surface area contributed by atoms with Gasteiger partial charge in [0.2, 0.25) is 0 Å². The van der Waals surface area contributed by atoms with E-state index >= 15 is 0 Å². The average Bonchev–Trinajstić information content (AvgIpc) is 2.92. The SMILES string of the molecule is Cc1ccc(C)c(CC(NN)c2csc3ccccc23)c1. The van der Waals surface area contributed by atoms with Crippen LogP contribution >= 0.6 is 11.3 Å². The Bertz CT molecular complexity index is 761. The summed E-state index contributed by atoms with van der Waals surface area (Å²) in [4.78, 5) is 0. The number of thiophene rings is 1. The molecule has 2 nitrogen and oxygen atoms in total. The first kappa shape index (κ1) is 14.3. The highest BCUT2D eigenvalue weighted by Crippen LogP contribution is 2.32. The summed E-state index contributed by atoms with van der Waals surface area (Å²) in [5.41, 5.74) is 8.26. The largest absolute Gasteiger partial charge is 0.271 e. The molecule has 0 spiro atoms. The zero-order chi connectivity index (χ0) is 14.8. The van der Waals surface area contributed by atoms with E-state index in [0.717, 1.165) is 6.42 Å². The molecular weight excluding hydrogens is 276 g/mol. The van der Waals surface area contributed by atoms with Crippen LogP contribution in [0.1, 0.15) is 28.3 Å². The van der Waals surface area contributed by atoms with Gasteiger partial charge in [0.05, 0.1) is 6.04 Å². The van der Waals surface area contributed by atoms with Gasteiger partial charge in [0.25, 0.3) is 0 Å². The molecule has 1 atom stereocenters. The second-order valence-corrected chi connectivity index (χ2v) is 6.45. The molecule has 0 aliphatic heterocycles. The highest BCUT2D eigenvalue weighted by molar-refractivity contribution is 7.17. The third-order valence-electron chi connectivity index (χ3n) is 4.02. The van der Waals surface area contributed by atoms with Crippen LogP contribution in [-0.4, -0.2) is 0 Å². The Hall–Kier alpha value is -1.68. The summed E-state index contributed by atoms with van der Waals surface area (Å²) < 4.78 is 1.31. The van der Waals surface area contributed by atoms with Crippen molar-refractivity contribution in [1.29, 1.82) is 0 Å². The summed E-state index contributed by atoms with van der Waals surface area (Å²) in [5.74, 6) is 5.85. The maximum Gasteiger partial charge on any atom is 0.0514 e. The Kier molecular flexibility index (Phi) is 4.06. The Labute approximate surface area is 129 Å². The normalized spacial score (nSPS) is 12.7. The van der Waals surface area contributed by atoms with E-state index in [-0.39, 0.29) is 6.04 Å². The maximum absolute atomic E-state index is 5.85. The third-order valence-corrected chi connectivity index (χ3v) is 5.00. The summed E-state index contributed by atoms with van der Waals surface area (Å²) in [6.07, 6.45) is 0.907. The fourth-order valence-electron chi connectivity index (χ4n) is 2.77. The van der Waals surface area contributed by atoms with Gasteiger partial charge in [-0.15, -0.1) is 11.3 Å². The lowest BCUT2D eigenvalue weighted by atomic mass is 9.95. The molecule has 1 unspecified atom stereocenters. The molecule has 0 radical (unpaired) electrons. The van der Waals surface area contributed by atoms with Crippen LogP contribution in [0.4, 0.5) is 0 Å². The summed E-state index contributed by atoms with van der Waals surface area (Å²) in [6.45, 7) is 4.29. The molecule has 1 heterocycles. The smallest absolute Gasteiger partial charge is 0.0514 e. The monoisotopic (exact) mass is 296 g/mol. The molecule has 3 N–H and O–H groups in total. The number of hydrogen-bond acceptors (Lipinski definition) is 3. The lowest BCUT2D eigenvalue weighted by molar-refractivity contribution is 0.555. The van der Waals surface area contributed by atoms with Gasteiger partial charge in [-0.3, -0.25) is 11.3 Å². The minimum Gasteiger partial charge on any atom is -0.271 e. The van der Waals surface area contributed by atoms with Crippen molar-refractivity contribution in [1.82, 2.24) is 5.43 Å². The molecule has 0 aliphatic rings. The predicted molar refractivity (Wildman–Crippen MR) is 91.5 cm³/mol. The number of fused-ring (bicyclic) bond motifs is 1. The zero-order valence-corrected chi connectivity index (χ0v) is 13.2. The number of hydrazine groups is 1. The minimum absolute atomic E-state index is 0.140. The van der Waals surface area contributed by atoms with Gasteiger partial charge in [0, 0.05) is 4.70 Å². The van der Waals surface area contributed by atoms with Gasteiger partial charge in [0.15, 0.2) is 0 Å². The number of nitrogens with one attached hydrogen (secondary N) is 1. The maximum atomic E-state index is 5.85. The highest BCUT2D eigenvalue weighted by atomic mass is 32.1. The molecule has 0 saturated carbocycles. The van der Waals surface area contributed by atoms with E-state index in [1.165, 1.54) is 32.3 Å². The number of benzene rings is 2. The second-order valence-electron chi connectivity index (χ2n) is 5.54. The molecule has 21 heavy (non-hydrogen) atoms. The highest BCUT2D eigenvalue weighted by Gasteiger charge is 2.16. The van der Waals surface area contributed by atoms with Crippen molar-refractivity contribution in [3.05, 3.63) is 70.1 Å². The lowest BCUT2D eigenvalue weighted by Crippen LogP contribution is -2.29. The molecule has 0 fully saturated rings. The number of nitrogens with two attached hydrogens (primary N) is 1. The molecule has 0 bridgehead atoms. The van der Waals surface area contributed by atoms with Crippen molar-refractivity contribution < 1.29 is 0 Å². The molecular formula is C18H20N2S. The van der Waals surface area contributed by atoms with Crippen molar-refractivity contribution in [2.45, 2.75) is 26.3 Å². The van der Waals surface area contributed by atoms with Gasteiger partial charge >= 0.3 is 0 Å². The fourth-order valence-corrected chi connectivity index (χ4v) is 3.78. The summed E-state index contributed by atoms with van der Waals surface area (Å²) in [7, 11) is 0. The van der Waals surface area contributed by atoms with Gasteiger partial charge in [0.1, 0.15) is 0 Å². The average molecular weight is 296 g/mol. The minimum atomic E-state index is 0.140. The molecule has 3 heteroatoms. The van der Waals surface area contributed by atoms with Gasteiger partial charge in [-0.25, -0.2) is 0 Å². The number of aryl methyl sites for hydroxylation is 2. The van der Waals surface area contributed by atoms with E-state index in [1.54, 1.807) is 11.3 Å². The van der Waals surface area contributed by atoms with E-state index in [2.05, 4.69) is 67.1 Å². The van der Waals surface area contributed by atoms with Crippen molar-refractivity contribution in [3.63, 3.8) is 0 Å². The van der Waals surface area contributed by atoms with Gasteiger partial charge in [-0.05, 0) is 53.8 Å². The standard InChI is InChI=1S/C18H20N2S/c1-12-7-8-13(2)14(9-12)10-17(20-19)16-11-21-18-6-4-3-5-15(16)18/h3-9,11,17,20H,10,19H2,1-2H3. The molecule has 0 aliphatic carbocycles. The third kappa shape index (κ3) is 2.86. The molecule has 3 rings (SSSR count). The van der Waals surface area contributed by atoms with Crippen LogP contribution in [-0.2, 0) is 6.42 Å². The van der Waals surface area contributed by atoms with Gasteiger partial charge < -0.3 is 0 Å². The van der Waals surface area contributed by atoms with Crippen molar-refractivity contribution in [3.8, 4) is 0 Å². The fraction of sp³-hybridized carbons (Fsp3) is 0.222. The molecule has 108 valence electrons. The van der Waals surface area contributed by atoms with E-state index in [9.17, 15) is 0 Å². The van der Waals surface area contributed by atoms with Crippen molar-refractivity contribution in [2.24, 2.45) is 5.84 Å². The lowest BCUT2D eigenvalue weighted by Gasteiger charge is -2.17. The van der Waals surface area contributed by atoms with Crippen LogP contribution in [0.5, 0.6) is 0 Å². The number of hydrogen-bond donors (Lipinski definition) is 2. The van der Waals surface area contributed by atoms with Gasteiger partial charge in [-0.1, -0.05) is 42.0 Å². The number of rotatable bonds is 4. The van der Waals surface area contributed by atoms with Crippen molar-refractivity contribution >= 4 is 21.4 Å². The second kappa shape index (κ2) is 5.98. The predicted octanol–water partition coefficient (Wildman–Crippen LogP) is 4.27. The topological polar surface area (TPSA) is 38.0 Å². The molecule has 2 aromatic carbocycles. The molecule has 3 aromatic rings. The molecule has 0 saturated heterocycles. The van der Waals surface area contributed by atoms with E-state index in [1.807, 2.05) is 0 Å². The van der Waals surface area contributed by atoms with Crippen LogP contribution in [0.3, 0.4) is 0 Å². The first-order chi connectivity index (χ1) is 10.2. The van der Waals surface area contributed by atoms with Crippen LogP contribution in [0.25, 0.3) is 10.1 Å². The molecule has 1 aromatic heterocycles. The van der Waals surface area contributed by atoms with Crippen LogP contribution in [0.2, 0.25) is 0 Å². The summed E-state index contributed by atoms with van der Waals surface area (Å²) >= 11 is 1.78.